The lowest BCUT2D eigenvalue weighted by molar-refractivity contribution is -0.117. The summed E-state index contributed by atoms with van der Waals surface area (Å²) in [5.74, 6) is 0.379. The molecule has 2 rings (SSSR count). The van der Waals surface area contributed by atoms with Crippen LogP contribution in [-0.4, -0.2) is 19.0 Å². The van der Waals surface area contributed by atoms with Gasteiger partial charge in [-0.25, -0.2) is 4.39 Å². The third kappa shape index (κ3) is 4.04. The molecule has 0 spiro atoms. The fourth-order valence-corrected chi connectivity index (χ4v) is 2.75. The average Bonchev–Trinajstić information content (AvgIpc) is 2.43. The number of carbonyl (C=O) groups is 1. The third-order valence-corrected chi connectivity index (χ3v) is 4.05. The van der Waals surface area contributed by atoms with Gasteiger partial charge in [-0.1, -0.05) is 13.0 Å². The summed E-state index contributed by atoms with van der Waals surface area (Å²) in [6.45, 7) is 5.98. The van der Waals surface area contributed by atoms with E-state index >= 15 is 0 Å². The molecule has 1 aromatic rings. The Labute approximate surface area is 120 Å². The second kappa shape index (κ2) is 6.84. The van der Waals surface area contributed by atoms with Gasteiger partial charge in [0.05, 0.1) is 5.69 Å². The second-order valence-electron chi connectivity index (χ2n) is 5.82. The number of hydrogen-bond acceptors (Lipinski definition) is 2. The quantitative estimate of drug-likeness (QED) is 0.888. The minimum absolute atomic E-state index is 0.106. The molecule has 0 aliphatic carbocycles. The van der Waals surface area contributed by atoms with Crippen LogP contribution in [0.25, 0.3) is 0 Å². The zero-order valence-electron chi connectivity index (χ0n) is 12.2. The summed E-state index contributed by atoms with van der Waals surface area (Å²) in [5, 5.41) is 6.04. The van der Waals surface area contributed by atoms with Crippen LogP contribution in [0.4, 0.5) is 10.1 Å². The molecule has 1 heterocycles. The van der Waals surface area contributed by atoms with E-state index < -0.39 is 0 Å². The minimum Gasteiger partial charge on any atom is -0.324 e. The van der Waals surface area contributed by atoms with Crippen molar-refractivity contribution >= 4 is 11.6 Å². The molecule has 1 aliphatic heterocycles. The molecule has 1 saturated heterocycles. The molecule has 1 amide bonds. The van der Waals surface area contributed by atoms with Crippen molar-refractivity contribution < 1.29 is 9.18 Å². The highest BCUT2D eigenvalue weighted by Gasteiger charge is 2.22. The van der Waals surface area contributed by atoms with Crippen LogP contribution in [0.2, 0.25) is 0 Å². The van der Waals surface area contributed by atoms with Crippen molar-refractivity contribution in [3.05, 3.63) is 29.6 Å². The van der Waals surface area contributed by atoms with Crippen LogP contribution in [0.5, 0.6) is 0 Å². The summed E-state index contributed by atoms with van der Waals surface area (Å²) in [6.07, 6.45) is 2.78. The number of carbonyl (C=O) groups excluding carboxylic acids is 1. The van der Waals surface area contributed by atoms with Crippen LogP contribution in [0, 0.1) is 24.6 Å². The van der Waals surface area contributed by atoms with Crippen molar-refractivity contribution in [3.63, 3.8) is 0 Å². The SMILES string of the molecule is Cc1ccc(NC(=O)CC(C)C2CCCNC2)c(F)c1. The van der Waals surface area contributed by atoms with Crippen LogP contribution in [0.3, 0.4) is 0 Å². The highest BCUT2D eigenvalue weighted by molar-refractivity contribution is 5.91. The topological polar surface area (TPSA) is 41.1 Å². The molecule has 3 nitrogen and oxygen atoms in total. The fourth-order valence-electron chi connectivity index (χ4n) is 2.75. The van der Waals surface area contributed by atoms with Crippen molar-refractivity contribution in [2.75, 3.05) is 18.4 Å². The predicted molar refractivity (Wildman–Crippen MR) is 79.1 cm³/mol. The first-order chi connectivity index (χ1) is 9.56. The Morgan fingerprint density at radius 2 is 2.35 bits per heavy atom. The lowest BCUT2D eigenvalue weighted by Gasteiger charge is -2.28. The van der Waals surface area contributed by atoms with Crippen molar-refractivity contribution in [3.8, 4) is 0 Å². The Kier molecular flexibility index (Phi) is 5.12. The Morgan fingerprint density at radius 1 is 1.55 bits per heavy atom. The number of hydrogen-bond donors (Lipinski definition) is 2. The van der Waals surface area contributed by atoms with E-state index in [1.807, 2.05) is 6.92 Å². The number of aryl methyl sites for hydroxylation is 1. The molecule has 0 aromatic heterocycles. The number of halogens is 1. The summed E-state index contributed by atoms with van der Waals surface area (Å²) in [5.41, 5.74) is 1.12. The molecule has 110 valence electrons. The summed E-state index contributed by atoms with van der Waals surface area (Å²) < 4.78 is 13.7. The molecule has 0 saturated carbocycles. The van der Waals surface area contributed by atoms with Gasteiger partial charge in [-0.3, -0.25) is 4.79 Å². The van der Waals surface area contributed by atoms with Crippen molar-refractivity contribution in [1.29, 1.82) is 0 Å². The predicted octanol–water partition coefficient (Wildman–Crippen LogP) is 3.10. The van der Waals surface area contributed by atoms with Crippen LogP contribution < -0.4 is 10.6 Å². The van der Waals surface area contributed by atoms with E-state index in [9.17, 15) is 9.18 Å². The van der Waals surface area contributed by atoms with Crippen molar-refractivity contribution in [2.45, 2.75) is 33.1 Å². The summed E-state index contributed by atoms with van der Waals surface area (Å²) in [7, 11) is 0. The number of piperidine rings is 1. The van der Waals surface area contributed by atoms with Gasteiger partial charge < -0.3 is 10.6 Å². The zero-order chi connectivity index (χ0) is 14.5. The van der Waals surface area contributed by atoms with E-state index in [1.165, 1.54) is 18.9 Å². The first-order valence-corrected chi connectivity index (χ1v) is 7.33. The maximum atomic E-state index is 13.7. The highest BCUT2D eigenvalue weighted by Crippen LogP contribution is 2.23. The van der Waals surface area contributed by atoms with Crippen molar-refractivity contribution in [2.24, 2.45) is 11.8 Å². The van der Waals surface area contributed by atoms with Gasteiger partial charge in [0.25, 0.3) is 0 Å². The Bertz CT molecular complexity index is 470. The smallest absolute Gasteiger partial charge is 0.224 e. The number of amides is 1. The highest BCUT2D eigenvalue weighted by atomic mass is 19.1. The van der Waals surface area contributed by atoms with Crippen LogP contribution in [0.1, 0.15) is 31.7 Å². The molecule has 4 heteroatoms. The van der Waals surface area contributed by atoms with Gasteiger partial charge in [0.1, 0.15) is 5.82 Å². The maximum Gasteiger partial charge on any atom is 0.224 e. The standard InChI is InChI=1S/C16H23FN2O/c1-11-5-6-15(14(17)8-11)19-16(20)9-12(2)13-4-3-7-18-10-13/h5-6,8,12-13,18H,3-4,7,9-10H2,1-2H3,(H,19,20). The van der Waals surface area contributed by atoms with Gasteiger partial charge in [-0.15, -0.1) is 0 Å². The second-order valence-corrected chi connectivity index (χ2v) is 5.82. The van der Waals surface area contributed by atoms with Gasteiger partial charge in [-0.05, 0) is 62.4 Å². The van der Waals surface area contributed by atoms with Gasteiger partial charge >= 0.3 is 0 Å². The van der Waals surface area contributed by atoms with E-state index in [2.05, 4.69) is 17.6 Å². The number of rotatable bonds is 4. The summed E-state index contributed by atoms with van der Waals surface area (Å²) in [6, 6.07) is 4.85. The monoisotopic (exact) mass is 278 g/mol. The van der Waals surface area contributed by atoms with Crippen LogP contribution in [0.15, 0.2) is 18.2 Å². The third-order valence-electron chi connectivity index (χ3n) is 4.05. The molecular weight excluding hydrogens is 255 g/mol. The summed E-state index contributed by atoms with van der Waals surface area (Å²) in [4.78, 5) is 12.0. The number of anilines is 1. The first-order valence-electron chi connectivity index (χ1n) is 7.33. The molecule has 1 aliphatic rings. The Hall–Kier alpha value is -1.42. The van der Waals surface area contributed by atoms with E-state index in [0.717, 1.165) is 18.7 Å². The molecule has 2 N–H and O–H groups in total. The van der Waals surface area contributed by atoms with Gasteiger partial charge in [-0.2, -0.15) is 0 Å². The van der Waals surface area contributed by atoms with E-state index in [1.54, 1.807) is 12.1 Å². The fraction of sp³-hybridized carbons (Fsp3) is 0.562. The summed E-state index contributed by atoms with van der Waals surface area (Å²) >= 11 is 0. The average molecular weight is 278 g/mol. The Balaban J connectivity index is 1.88. The molecule has 2 atom stereocenters. The molecular formula is C16H23FN2O. The lowest BCUT2D eigenvalue weighted by Crippen LogP contribution is -2.34. The van der Waals surface area contributed by atoms with Gasteiger partial charge in [0.15, 0.2) is 0 Å². The van der Waals surface area contributed by atoms with E-state index in [-0.39, 0.29) is 17.4 Å². The molecule has 20 heavy (non-hydrogen) atoms. The number of nitrogens with one attached hydrogen (secondary N) is 2. The molecule has 1 aromatic carbocycles. The van der Waals surface area contributed by atoms with Crippen LogP contribution in [-0.2, 0) is 4.79 Å². The normalized spacial score (nSPS) is 20.4. The lowest BCUT2D eigenvalue weighted by atomic mass is 9.85. The molecule has 0 radical (unpaired) electrons. The number of benzene rings is 1. The minimum atomic E-state index is -0.370. The molecule has 0 bridgehead atoms. The van der Waals surface area contributed by atoms with E-state index in [0.29, 0.717) is 18.3 Å². The van der Waals surface area contributed by atoms with E-state index in [4.69, 9.17) is 0 Å². The van der Waals surface area contributed by atoms with Gasteiger partial charge in [0.2, 0.25) is 5.91 Å². The zero-order valence-corrected chi connectivity index (χ0v) is 12.2. The Morgan fingerprint density at radius 3 is 3.00 bits per heavy atom. The van der Waals surface area contributed by atoms with Gasteiger partial charge in [0, 0.05) is 6.42 Å². The largest absolute Gasteiger partial charge is 0.324 e. The molecule has 2 unspecified atom stereocenters. The first kappa shape index (κ1) is 15.0. The van der Waals surface area contributed by atoms with Crippen LogP contribution >= 0.6 is 0 Å². The van der Waals surface area contributed by atoms with Crippen molar-refractivity contribution in [1.82, 2.24) is 5.32 Å². The maximum absolute atomic E-state index is 13.7. The molecule has 1 fully saturated rings.